The lowest BCUT2D eigenvalue weighted by molar-refractivity contribution is 0.669. The van der Waals surface area contributed by atoms with Gasteiger partial charge in [0.2, 0.25) is 0 Å². The van der Waals surface area contributed by atoms with Gasteiger partial charge in [0.15, 0.2) is 11.6 Å². The minimum Gasteiger partial charge on any atom is -0.456 e. The van der Waals surface area contributed by atoms with Crippen LogP contribution < -0.4 is 0 Å². The van der Waals surface area contributed by atoms with E-state index in [1.807, 2.05) is 18.2 Å². The number of thiophene rings is 1. The van der Waals surface area contributed by atoms with Crippen LogP contribution in [0.2, 0.25) is 0 Å². The van der Waals surface area contributed by atoms with E-state index in [1.54, 1.807) is 11.3 Å². The first-order chi connectivity index (χ1) is 28.2. The van der Waals surface area contributed by atoms with Crippen LogP contribution in [0.4, 0.5) is 0 Å². The third kappa shape index (κ3) is 5.31. The zero-order valence-corrected chi connectivity index (χ0v) is 31.4. The molecule has 0 aliphatic heterocycles. The monoisotopic (exact) mass is 745 g/mol. The number of benzene rings is 9. The maximum Gasteiger partial charge on any atom is 0.163 e. The summed E-state index contributed by atoms with van der Waals surface area (Å²) >= 11 is 1.80. The molecular formula is C52H31N3OS. The molecule has 0 atom stereocenters. The highest BCUT2D eigenvalue weighted by molar-refractivity contribution is 7.25. The average Bonchev–Trinajstić information content (AvgIpc) is 3.85. The first kappa shape index (κ1) is 32.1. The molecule has 12 aromatic rings. The summed E-state index contributed by atoms with van der Waals surface area (Å²) in [4.78, 5) is 15.5. The van der Waals surface area contributed by atoms with E-state index in [-0.39, 0.29) is 0 Å². The van der Waals surface area contributed by atoms with Crippen molar-refractivity contribution in [3.05, 3.63) is 187 Å². The molecule has 0 aliphatic carbocycles. The Labute approximate surface area is 331 Å². The summed E-state index contributed by atoms with van der Waals surface area (Å²) in [5, 5.41) is 12.0. The van der Waals surface area contributed by atoms with Crippen LogP contribution in [-0.2, 0) is 6.42 Å². The molecule has 0 fully saturated rings. The fourth-order valence-electron chi connectivity index (χ4n) is 8.63. The van der Waals surface area contributed by atoms with Crippen molar-refractivity contribution in [1.29, 1.82) is 0 Å². The van der Waals surface area contributed by atoms with Gasteiger partial charge in [-0.05, 0) is 85.4 Å². The summed E-state index contributed by atoms with van der Waals surface area (Å²) in [6, 6.07) is 62.5. The summed E-state index contributed by atoms with van der Waals surface area (Å²) in [5.41, 5.74) is 6.95. The number of nitrogens with zero attached hydrogens (tertiary/aromatic N) is 3. The topological polar surface area (TPSA) is 51.8 Å². The largest absolute Gasteiger partial charge is 0.456 e. The molecular weight excluding hydrogens is 715 g/mol. The Kier molecular flexibility index (Phi) is 7.13. The van der Waals surface area contributed by atoms with Crippen LogP contribution in [0.25, 0.3) is 108 Å². The predicted octanol–water partition coefficient (Wildman–Crippen LogP) is 14.2. The van der Waals surface area contributed by atoms with Crippen molar-refractivity contribution in [3.63, 3.8) is 0 Å². The van der Waals surface area contributed by atoms with E-state index in [0.29, 0.717) is 23.9 Å². The summed E-state index contributed by atoms with van der Waals surface area (Å²) in [6.45, 7) is 0. The molecule has 266 valence electrons. The molecule has 0 N–H and O–H groups in total. The normalized spacial score (nSPS) is 11.9. The third-order valence-electron chi connectivity index (χ3n) is 11.3. The van der Waals surface area contributed by atoms with Crippen molar-refractivity contribution in [3.8, 4) is 33.9 Å². The van der Waals surface area contributed by atoms with Gasteiger partial charge in [-0.2, -0.15) is 0 Å². The molecule has 0 unspecified atom stereocenters. The van der Waals surface area contributed by atoms with Crippen LogP contribution in [0.1, 0.15) is 11.4 Å². The van der Waals surface area contributed by atoms with Crippen molar-refractivity contribution >= 4 is 85.8 Å². The van der Waals surface area contributed by atoms with Crippen LogP contribution in [0.3, 0.4) is 0 Å². The first-order valence-electron chi connectivity index (χ1n) is 19.2. The Morgan fingerprint density at radius 1 is 0.386 bits per heavy atom. The minimum absolute atomic E-state index is 0.487. The lowest BCUT2D eigenvalue weighted by atomic mass is 9.93. The lowest BCUT2D eigenvalue weighted by Crippen LogP contribution is -2.04. The molecule has 0 aliphatic rings. The van der Waals surface area contributed by atoms with Crippen LogP contribution in [0.15, 0.2) is 180 Å². The molecule has 0 bridgehead atoms. The highest BCUT2D eigenvalue weighted by Crippen LogP contribution is 2.41. The molecule has 3 aromatic heterocycles. The van der Waals surface area contributed by atoms with E-state index in [9.17, 15) is 0 Å². The number of rotatable bonds is 5. The Morgan fingerprint density at radius 3 is 1.91 bits per heavy atom. The molecule has 57 heavy (non-hydrogen) atoms. The predicted molar refractivity (Wildman–Crippen MR) is 238 cm³/mol. The summed E-state index contributed by atoms with van der Waals surface area (Å²) in [6.07, 6.45) is 0.487. The van der Waals surface area contributed by atoms with Crippen molar-refractivity contribution in [2.24, 2.45) is 0 Å². The van der Waals surface area contributed by atoms with E-state index in [0.717, 1.165) is 49.8 Å². The average molecular weight is 746 g/mol. The molecule has 3 heterocycles. The Bertz CT molecular complexity index is 3570. The summed E-state index contributed by atoms with van der Waals surface area (Å²) in [5.74, 6) is 2.02. The van der Waals surface area contributed by atoms with Gasteiger partial charge in [-0.15, -0.1) is 11.3 Å². The second kappa shape index (κ2) is 12.7. The quantitative estimate of drug-likeness (QED) is 0.165. The van der Waals surface area contributed by atoms with E-state index < -0.39 is 0 Å². The summed E-state index contributed by atoms with van der Waals surface area (Å²) < 4.78 is 9.23. The molecule has 5 heteroatoms. The fourth-order valence-corrected chi connectivity index (χ4v) is 9.77. The van der Waals surface area contributed by atoms with Crippen LogP contribution in [0.5, 0.6) is 0 Å². The van der Waals surface area contributed by atoms with Gasteiger partial charge in [-0.25, -0.2) is 15.0 Å². The number of fused-ring (bicyclic) bond motifs is 11. The fraction of sp³-hybridized carbons (Fsp3) is 0.0192. The molecule has 9 aromatic carbocycles. The van der Waals surface area contributed by atoms with Crippen LogP contribution in [-0.4, -0.2) is 15.0 Å². The van der Waals surface area contributed by atoms with E-state index in [4.69, 9.17) is 19.4 Å². The van der Waals surface area contributed by atoms with Gasteiger partial charge in [-0.3, -0.25) is 0 Å². The second-order valence-corrected chi connectivity index (χ2v) is 15.8. The van der Waals surface area contributed by atoms with Crippen molar-refractivity contribution in [1.82, 2.24) is 15.0 Å². The number of furan rings is 1. The van der Waals surface area contributed by atoms with Gasteiger partial charge >= 0.3 is 0 Å². The van der Waals surface area contributed by atoms with Crippen LogP contribution in [0, 0.1) is 0 Å². The van der Waals surface area contributed by atoms with Crippen molar-refractivity contribution in [2.45, 2.75) is 6.42 Å². The Hall–Kier alpha value is -7.21. The maximum atomic E-state index is 6.75. The van der Waals surface area contributed by atoms with Gasteiger partial charge in [0.25, 0.3) is 0 Å². The smallest absolute Gasteiger partial charge is 0.163 e. The van der Waals surface area contributed by atoms with Crippen LogP contribution >= 0.6 is 11.3 Å². The Morgan fingerprint density at radius 2 is 1.04 bits per heavy atom. The second-order valence-electron chi connectivity index (χ2n) is 14.7. The SMILES string of the molecule is c1ccc(-c2nc(Cc3cc(-c4ccc5c(ccc6ccccc65)c4)cc4oc5ccc6ccccc6c5c34)nc(-c3ccc4c(c3)sc3ccccc34)n2)cc1. The highest BCUT2D eigenvalue weighted by Gasteiger charge is 2.20. The number of aromatic nitrogens is 3. The molecule has 12 rings (SSSR count). The Balaban J connectivity index is 1.07. The van der Waals surface area contributed by atoms with Gasteiger partial charge < -0.3 is 4.42 Å². The van der Waals surface area contributed by atoms with Crippen molar-refractivity contribution < 1.29 is 4.42 Å². The van der Waals surface area contributed by atoms with Gasteiger partial charge in [0.05, 0.1) is 0 Å². The zero-order chi connectivity index (χ0) is 37.5. The maximum absolute atomic E-state index is 6.75. The first-order valence-corrected chi connectivity index (χ1v) is 20.0. The van der Waals surface area contributed by atoms with E-state index in [2.05, 4.69) is 158 Å². The van der Waals surface area contributed by atoms with E-state index >= 15 is 0 Å². The van der Waals surface area contributed by atoms with Gasteiger partial charge in [-0.1, -0.05) is 140 Å². The third-order valence-corrected chi connectivity index (χ3v) is 12.5. The zero-order valence-electron chi connectivity index (χ0n) is 30.6. The molecule has 0 amide bonds. The van der Waals surface area contributed by atoms with Gasteiger partial charge in [0.1, 0.15) is 17.0 Å². The molecule has 0 spiro atoms. The minimum atomic E-state index is 0.487. The molecule has 4 nitrogen and oxygen atoms in total. The molecule has 0 saturated carbocycles. The van der Waals surface area contributed by atoms with Gasteiger partial charge in [0, 0.05) is 48.5 Å². The molecule has 0 saturated heterocycles. The highest BCUT2D eigenvalue weighted by atomic mass is 32.1. The van der Waals surface area contributed by atoms with Crippen molar-refractivity contribution in [2.75, 3.05) is 0 Å². The lowest BCUT2D eigenvalue weighted by Gasteiger charge is -2.12. The van der Waals surface area contributed by atoms with E-state index in [1.165, 1.54) is 52.5 Å². The number of hydrogen-bond acceptors (Lipinski definition) is 5. The summed E-state index contributed by atoms with van der Waals surface area (Å²) in [7, 11) is 0. The molecule has 0 radical (unpaired) electrons. The standard InChI is InChI=1S/C52H31N3OS/c1-2-12-33(13-3-1)51-53-48(54-52(55-51)36-21-24-43-42-16-8-9-17-46(42)57-47(43)29-36)30-38-27-37(34-20-23-40-35(26-34)19-18-31-10-4-6-14-39(31)40)28-45-49(38)50-41-15-7-5-11-32(41)22-25-44(50)56-45/h1-29H,30H2. The number of hydrogen-bond donors (Lipinski definition) is 0.